The van der Waals surface area contributed by atoms with Crippen LogP contribution in [0.3, 0.4) is 0 Å². The first-order chi connectivity index (χ1) is 14.5. The Kier molecular flexibility index (Phi) is 6.29. The summed E-state index contributed by atoms with van der Waals surface area (Å²) in [7, 11) is 0. The maximum Gasteiger partial charge on any atom is 0.234 e. The lowest BCUT2D eigenvalue weighted by atomic mass is 9.88. The van der Waals surface area contributed by atoms with Crippen LogP contribution in [0.5, 0.6) is 0 Å². The lowest BCUT2D eigenvalue weighted by Gasteiger charge is -2.19. The molecule has 0 radical (unpaired) electrons. The number of rotatable bonds is 6. The molecule has 0 saturated carbocycles. The van der Waals surface area contributed by atoms with Crippen molar-refractivity contribution in [1.29, 1.82) is 0 Å². The summed E-state index contributed by atoms with van der Waals surface area (Å²) in [4.78, 5) is 14.1. The highest BCUT2D eigenvalue weighted by atomic mass is 32.2. The molecular formula is C23H28N4OS2. The number of hydrogen-bond acceptors (Lipinski definition) is 5. The second-order valence-electron chi connectivity index (χ2n) is 8.05. The molecule has 1 N–H and O–H groups in total. The molecule has 0 saturated heterocycles. The molecule has 30 heavy (non-hydrogen) atoms. The standard InChI is InChI=1S/C23H28N4OS2/c1-5-27-22(18-12-29-19-11-14(2)9-10-17(18)19)25-26-23(27)30-13-20(28)24-21-15(3)7-6-8-16(21)4/h6-8,12,14H,5,9-11,13H2,1-4H3,(H,24,28). The summed E-state index contributed by atoms with van der Waals surface area (Å²) in [5, 5.41) is 15.0. The van der Waals surface area contributed by atoms with Crippen molar-refractivity contribution >= 4 is 34.7 Å². The largest absolute Gasteiger partial charge is 0.325 e. The molecule has 2 aromatic heterocycles. The zero-order valence-electron chi connectivity index (χ0n) is 18.0. The lowest BCUT2D eigenvalue weighted by Crippen LogP contribution is -2.16. The highest BCUT2D eigenvalue weighted by Crippen LogP contribution is 2.38. The van der Waals surface area contributed by atoms with Gasteiger partial charge in [0, 0.05) is 28.1 Å². The lowest BCUT2D eigenvalue weighted by molar-refractivity contribution is -0.113. The van der Waals surface area contributed by atoms with Gasteiger partial charge in [-0.2, -0.15) is 0 Å². The van der Waals surface area contributed by atoms with Crippen LogP contribution in [0, 0.1) is 19.8 Å². The average molecular weight is 441 g/mol. The van der Waals surface area contributed by atoms with Crippen molar-refractivity contribution in [2.24, 2.45) is 5.92 Å². The van der Waals surface area contributed by atoms with E-state index in [1.165, 1.54) is 40.6 Å². The van der Waals surface area contributed by atoms with Crippen LogP contribution < -0.4 is 5.32 Å². The number of carbonyl (C=O) groups excluding carboxylic acids is 1. The number of para-hydroxylation sites is 1. The predicted molar refractivity (Wildman–Crippen MR) is 125 cm³/mol. The summed E-state index contributed by atoms with van der Waals surface area (Å²) >= 11 is 3.30. The number of anilines is 1. The van der Waals surface area contributed by atoms with Crippen molar-refractivity contribution in [1.82, 2.24) is 14.8 Å². The van der Waals surface area contributed by atoms with E-state index in [1.54, 1.807) is 0 Å². The van der Waals surface area contributed by atoms with Crippen LogP contribution in [0.15, 0.2) is 28.7 Å². The fraction of sp³-hybridized carbons (Fsp3) is 0.435. The normalized spacial score (nSPS) is 15.8. The van der Waals surface area contributed by atoms with E-state index in [-0.39, 0.29) is 5.91 Å². The molecule has 4 rings (SSSR count). The van der Waals surface area contributed by atoms with Gasteiger partial charge in [0.25, 0.3) is 0 Å². The van der Waals surface area contributed by atoms with E-state index in [2.05, 4.69) is 39.3 Å². The number of carbonyl (C=O) groups is 1. The van der Waals surface area contributed by atoms with Crippen LogP contribution in [0.1, 0.15) is 41.8 Å². The zero-order chi connectivity index (χ0) is 21.3. The van der Waals surface area contributed by atoms with Crippen LogP contribution >= 0.6 is 23.1 Å². The number of thiophene rings is 1. The number of fused-ring (bicyclic) bond motifs is 1. The predicted octanol–water partition coefficient (Wildman–Crippen LogP) is 5.50. The zero-order valence-corrected chi connectivity index (χ0v) is 19.6. The van der Waals surface area contributed by atoms with Crippen LogP contribution in [0.25, 0.3) is 11.4 Å². The Morgan fingerprint density at radius 1 is 1.30 bits per heavy atom. The molecule has 1 amide bonds. The van der Waals surface area contributed by atoms with Crippen molar-refractivity contribution in [3.8, 4) is 11.4 Å². The molecule has 0 bridgehead atoms. The smallest absolute Gasteiger partial charge is 0.234 e. The third-order valence-corrected chi connectivity index (χ3v) is 7.77. The Bertz CT molecular complexity index is 1050. The SMILES string of the molecule is CCn1c(SCC(=O)Nc2c(C)cccc2C)nnc1-c1csc2c1CCC(C)C2. The van der Waals surface area contributed by atoms with E-state index in [9.17, 15) is 4.79 Å². The van der Waals surface area contributed by atoms with Crippen molar-refractivity contribution in [3.05, 3.63) is 45.1 Å². The number of nitrogens with zero attached hydrogens (tertiary/aromatic N) is 3. The molecule has 0 fully saturated rings. The second kappa shape index (κ2) is 8.94. The van der Waals surface area contributed by atoms with Crippen molar-refractivity contribution in [2.45, 2.75) is 58.7 Å². The molecule has 1 aromatic carbocycles. The highest BCUT2D eigenvalue weighted by Gasteiger charge is 2.24. The molecular weight excluding hydrogens is 412 g/mol. The molecule has 1 atom stereocenters. The van der Waals surface area contributed by atoms with Crippen LogP contribution in [0.4, 0.5) is 5.69 Å². The van der Waals surface area contributed by atoms with E-state index in [0.717, 1.165) is 46.7 Å². The van der Waals surface area contributed by atoms with Gasteiger partial charge in [-0.15, -0.1) is 21.5 Å². The van der Waals surface area contributed by atoms with Crippen LogP contribution in [-0.4, -0.2) is 26.4 Å². The Labute approximate surface area is 186 Å². The summed E-state index contributed by atoms with van der Waals surface area (Å²) in [5.41, 5.74) is 5.72. The third kappa shape index (κ3) is 4.18. The Balaban J connectivity index is 1.49. The summed E-state index contributed by atoms with van der Waals surface area (Å²) in [5.74, 6) is 1.98. The van der Waals surface area contributed by atoms with Gasteiger partial charge in [-0.1, -0.05) is 36.9 Å². The molecule has 7 heteroatoms. The molecule has 1 aliphatic rings. The molecule has 3 aromatic rings. The molecule has 0 aliphatic heterocycles. The molecule has 0 spiro atoms. The Hall–Kier alpha value is -2.12. The Morgan fingerprint density at radius 3 is 2.80 bits per heavy atom. The number of aryl methyl sites for hydroxylation is 2. The minimum Gasteiger partial charge on any atom is -0.325 e. The van der Waals surface area contributed by atoms with E-state index in [4.69, 9.17) is 0 Å². The summed E-state index contributed by atoms with van der Waals surface area (Å²) in [6.45, 7) is 9.24. The quantitative estimate of drug-likeness (QED) is 0.514. The molecule has 158 valence electrons. The monoisotopic (exact) mass is 440 g/mol. The number of aromatic nitrogens is 3. The summed E-state index contributed by atoms with van der Waals surface area (Å²) in [6, 6.07) is 6.03. The third-order valence-electron chi connectivity index (χ3n) is 5.75. The van der Waals surface area contributed by atoms with Gasteiger partial charge in [0.05, 0.1) is 5.75 Å². The fourth-order valence-corrected chi connectivity index (χ4v) is 6.11. The maximum atomic E-state index is 12.6. The average Bonchev–Trinajstić information content (AvgIpc) is 3.32. The van der Waals surface area contributed by atoms with E-state index in [0.29, 0.717) is 5.75 Å². The van der Waals surface area contributed by atoms with Gasteiger partial charge >= 0.3 is 0 Å². The fourth-order valence-electron chi connectivity index (χ4n) is 4.06. The Morgan fingerprint density at radius 2 is 2.07 bits per heavy atom. The first-order valence-corrected chi connectivity index (χ1v) is 12.4. The van der Waals surface area contributed by atoms with Crippen molar-refractivity contribution in [3.63, 3.8) is 0 Å². The minimum atomic E-state index is -0.0218. The number of benzene rings is 1. The number of hydrogen-bond donors (Lipinski definition) is 1. The molecule has 1 unspecified atom stereocenters. The molecule has 2 heterocycles. The van der Waals surface area contributed by atoms with Gasteiger partial charge in [-0.3, -0.25) is 4.79 Å². The summed E-state index contributed by atoms with van der Waals surface area (Å²) < 4.78 is 2.14. The second-order valence-corrected chi connectivity index (χ2v) is 9.96. The van der Waals surface area contributed by atoms with Crippen LogP contribution in [0.2, 0.25) is 0 Å². The number of nitrogens with one attached hydrogen (secondary N) is 1. The first kappa shape index (κ1) is 21.1. The molecule has 5 nitrogen and oxygen atoms in total. The number of amides is 1. The van der Waals surface area contributed by atoms with E-state index >= 15 is 0 Å². The van der Waals surface area contributed by atoms with Crippen LogP contribution in [-0.2, 0) is 24.2 Å². The van der Waals surface area contributed by atoms with Gasteiger partial charge in [-0.05, 0) is 62.6 Å². The van der Waals surface area contributed by atoms with Gasteiger partial charge in [-0.25, -0.2) is 0 Å². The maximum absolute atomic E-state index is 12.6. The van der Waals surface area contributed by atoms with Gasteiger partial charge in [0.2, 0.25) is 5.91 Å². The van der Waals surface area contributed by atoms with Gasteiger partial charge < -0.3 is 9.88 Å². The number of thioether (sulfide) groups is 1. The van der Waals surface area contributed by atoms with Gasteiger partial charge in [0.1, 0.15) is 0 Å². The van der Waals surface area contributed by atoms with Crippen molar-refractivity contribution in [2.75, 3.05) is 11.1 Å². The minimum absolute atomic E-state index is 0.0218. The van der Waals surface area contributed by atoms with E-state index < -0.39 is 0 Å². The molecule has 1 aliphatic carbocycles. The first-order valence-electron chi connectivity index (χ1n) is 10.5. The van der Waals surface area contributed by atoms with Crippen molar-refractivity contribution < 1.29 is 4.79 Å². The summed E-state index contributed by atoms with van der Waals surface area (Å²) in [6.07, 6.45) is 3.52. The van der Waals surface area contributed by atoms with Gasteiger partial charge in [0.15, 0.2) is 11.0 Å². The highest BCUT2D eigenvalue weighted by molar-refractivity contribution is 7.99. The topological polar surface area (TPSA) is 59.8 Å². The van der Waals surface area contributed by atoms with E-state index in [1.807, 2.05) is 43.4 Å².